The van der Waals surface area contributed by atoms with Crippen molar-refractivity contribution in [1.29, 1.82) is 0 Å². The Labute approximate surface area is 210 Å². The van der Waals surface area contributed by atoms with E-state index in [1.54, 1.807) is 67.4 Å². The second kappa shape index (κ2) is 10.6. The summed E-state index contributed by atoms with van der Waals surface area (Å²) >= 11 is 0. The van der Waals surface area contributed by atoms with Gasteiger partial charge < -0.3 is 15.0 Å². The molecule has 3 aromatic rings. The van der Waals surface area contributed by atoms with Crippen LogP contribution < -0.4 is 10.0 Å². The Kier molecular flexibility index (Phi) is 7.56. The number of nitrogens with zero attached hydrogens (tertiary/aromatic N) is 2. The van der Waals surface area contributed by atoms with Crippen molar-refractivity contribution in [1.82, 2.24) is 14.6 Å². The Balaban J connectivity index is 1.57. The van der Waals surface area contributed by atoms with E-state index in [-0.39, 0.29) is 28.9 Å². The third-order valence-electron chi connectivity index (χ3n) is 6.41. The summed E-state index contributed by atoms with van der Waals surface area (Å²) in [7, 11) is -3.88. The molecule has 1 saturated heterocycles. The van der Waals surface area contributed by atoms with E-state index in [9.17, 15) is 18.0 Å². The van der Waals surface area contributed by atoms with Gasteiger partial charge in [-0.05, 0) is 50.5 Å². The molecule has 0 aliphatic carbocycles. The predicted molar refractivity (Wildman–Crippen MR) is 137 cm³/mol. The average molecular weight is 511 g/mol. The number of hydrogen-bond acceptors (Lipinski definition) is 6. The van der Waals surface area contributed by atoms with E-state index in [4.69, 9.17) is 4.74 Å². The van der Waals surface area contributed by atoms with E-state index in [2.05, 4.69) is 15.0 Å². The first-order chi connectivity index (χ1) is 17.2. The largest absolute Gasteiger partial charge is 0.450 e. The number of rotatable bonds is 6. The fourth-order valence-corrected chi connectivity index (χ4v) is 6.08. The number of fused-ring (bicyclic) bond motifs is 1. The Bertz CT molecular complexity index is 1390. The molecule has 1 aromatic heterocycles. The standard InChI is InChI=1S/C26H30N4O5S/c1-4-35-26(32)30-15-13-22(17(2)16-30)29-36(33,34)24-12-11-23(20-8-5-6-9-21(20)24)28-25(31)19-10-7-14-27-18(19)3/h5-12,14,17,22,29H,4,13,15-16H2,1-3H3,(H,28,31). The van der Waals surface area contributed by atoms with Crippen LogP contribution in [0.25, 0.3) is 10.8 Å². The summed E-state index contributed by atoms with van der Waals surface area (Å²) in [4.78, 5) is 30.8. The van der Waals surface area contributed by atoms with Gasteiger partial charge in [-0.1, -0.05) is 31.2 Å². The summed E-state index contributed by atoms with van der Waals surface area (Å²) in [5, 5.41) is 4.01. The van der Waals surface area contributed by atoms with Gasteiger partial charge in [-0.25, -0.2) is 17.9 Å². The fraction of sp³-hybridized carbons (Fsp3) is 0.346. The summed E-state index contributed by atoms with van der Waals surface area (Å²) in [6.45, 7) is 6.54. The van der Waals surface area contributed by atoms with Crippen LogP contribution in [0.2, 0.25) is 0 Å². The number of nitrogens with one attached hydrogen (secondary N) is 2. The van der Waals surface area contributed by atoms with Crippen LogP contribution in [-0.4, -0.2) is 56.0 Å². The second-order valence-corrected chi connectivity index (χ2v) is 10.6. The van der Waals surface area contributed by atoms with Gasteiger partial charge in [0.15, 0.2) is 0 Å². The molecule has 2 heterocycles. The van der Waals surface area contributed by atoms with Crippen LogP contribution in [-0.2, 0) is 14.8 Å². The van der Waals surface area contributed by atoms with Crippen molar-refractivity contribution in [2.75, 3.05) is 25.0 Å². The summed E-state index contributed by atoms with van der Waals surface area (Å²) < 4.78 is 34.8. The molecule has 0 saturated carbocycles. The minimum atomic E-state index is -3.88. The molecule has 2 N–H and O–H groups in total. The van der Waals surface area contributed by atoms with Gasteiger partial charge in [0.1, 0.15) is 0 Å². The smallest absolute Gasteiger partial charge is 0.409 e. The van der Waals surface area contributed by atoms with Crippen LogP contribution in [0.15, 0.2) is 59.6 Å². The van der Waals surface area contributed by atoms with Gasteiger partial charge in [0.2, 0.25) is 10.0 Å². The number of piperidine rings is 1. The van der Waals surface area contributed by atoms with Gasteiger partial charge in [0, 0.05) is 47.5 Å². The summed E-state index contributed by atoms with van der Waals surface area (Å²) in [5.41, 5.74) is 1.56. The van der Waals surface area contributed by atoms with Crippen molar-refractivity contribution >= 4 is 38.5 Å². The lowest BCUT2D eigenvalue weighted by molar-refractivity contribution is 0.0846. The lowest BCUT2D eigenvalue weighted by Crippen LogP contribution is -2.51. The van der Waals surface area contributed by atoms with Crippen LogP contribution in [0, 0.1) is 12.8 Å². The van der Waals surface area contributed by atoms with Crippen molar-refractivity contribution < 1.29 is 22.7 Å². The third kappa shape index (κ3) is 5.34. The first-order valence-electron chi connectivity index (χ1n) is 11.9. The van der Waals surface area contributed by atoms with Gasteiger partial charge in [-0.2, -0.15) is 0 Å². The molecule has 0 bridgehead atoms. The molecule has 1 fully saturated rings. The molecule has 1 aliphatic rings. The Morgan fingerprint density at radius 3 is 2.56 bits per heavy atom. The Morgan fingerprint density at radius 1 is 1.11 bits per heavy atom. The molecular weight excluding hydrogens is 480 g/mol. The van der Waals surface area contributed by atoms with Crippen LogP contribution in [0.3, 0.4) is 0 Å². The van der Waals surface area contributed by atoms with Gasteiger partial charge >= 0.3 is 6.09 Å². The minimum Gasteiger partial charge on any atom is -0.450 e. The van der Waals surface area contributed by atoms with Gasteiger partial charge in [-0.3, -0.25) is 9.78 Å². The first-order valence-corrected chi connectivity index (χ1v) is 13.4. The van der Waals surface area contributed by atoms with Crippen LogP contribution in [0.1, 0.15) is 36.3 Å². The number of sulfonamides is 1. The number of aryl methyl sites for hydroxylation is 1. The number of benzene rings is 2. The normalized spacial score (nSPS) is 18.1. The summed E-state index contributed by atoms with van der Waals surface area (Å²) in [6.07, 6.45) is 1.72. The number of carbonyl (C=O) groups excluding carboxylic acids is 2. The van der Waals surface area contributed by atoms with Crippen LogP contribution in [0.5, 0.6) is 0 Å². The highest BCUT2D eigenvalue weighted by atomic mass is 32.2. The maximum atomic E-state index is 13.5. The average Bonchev–Trinajstić information content (AvgIpc) is 2.85. The molecule has 2 amide bonds. The van der Waals surface area contributed by atoms with E-state index in [0.717, 1.165) is 0 Å². The first kappa shape index (κ1) is 25.6. The lowest BCUT2D eigenvalue weighted by Gasteiger charge is -2.36. The number of likely N-dealkylation sites (tertiary alicyclic amines) is 1. The Morgan fingerprint density at radius 2 is 1.86 bits per heavy atom. The fourth-order valence-electron chi connectivity index (χ4n) is 4.49. The highest BCUT2D eigenvalue weighted by molar-refractivity contribution is 7.89. The van der Waals surface area contributed by atoms with E-state index >= 15 is 0 Å². The van der Waals surface area contributed by atoms with E-state index in [0.29, 0.717) is 53.8 Å². The van der Waals surface area contributed by atoms with Crippen molar-refractivity contribution in [3.05, 3.63) is 66.0 Å². The zero-order valence-electron chi connectivity index (χ0n) is 20.5. The predicted octanol–water partition coefficient (Wildman–Crippen LogP) is 3.94. The van der Waals surface area contributed by atoms with Crippen molar-refractivity contribution in [2.24, 2.45) is 5.92 Å². The highest BCUT2D eigenvalue weighted by Gasteiger charge is 2.33. The molecule has 2 atom stereocenters. The SMILES string of the molecule is CCOC(=O)N1CCC(NS(=O)(=O)c2ccc(NC(=O)c3cccnc3C)c3ccccc23)C(C)C1. The molecule has 36 heavy (non-hydrogen) atoms. The molecule has 2 aromatic carbocycles. The van der Waals surface area contributed by atoms with Crippen molar-refractivity contribution in [3.8, 4) is 0 Å². The zero-order chi connectivity index (χ0) is 25.9. The molecule has 190 valence electrons. The quantitative estimate of drug-likeness (QED) is 0.519. The number of pyridine rings is 1. The molecule has 2 unspecified atom stereocenters. The summed E-state index contributed by atoms with van der Waals surface area (Å²) in [6, 6.07) is 13.2. The molecule has 0 radical (unpaired) electrons. The van der Waals surface area contributed by atoms with Crippen molar-refractivity contribution in [2.45, 2.75) is 38.1 Å². The van der Waals surface area contributed by atoms with E-state index in [1.165, 1.54) is 6.07 Å². The number of ether oxygens (including phenoxy) is 1. The molecular formula is C26H30N4O5S. The van der Waals surface area contributed by atoms with Gasteiger partial charge in [0.25, 0.3) is 5.91 Å². The lowest BCUT2D eigenvalue weighted by atomic mass is 9.95. The number of carbonyl (C=O) groups is 2. The monoisotopic (exact) mass is 510 g/mol. The Hall–Kier alpha value is -3.50. The van der Waals surface area contributed by atoms with E-state index < -0.39 is 10.0 Å². The number of amides is 2. The molecule has 1 aliphatic heterocycles. The summed E-state index contributed by atoms with van der Waals surface area (Å²) in [5.74, 6) is -0.410. The maximum Gasteiger partial charge on any atom is 0.409 e. The minimum absolute atomic E-state index is 0.0921. The van der Waals surface area contributed by atoms with Gasteiger partial charge in [0.05, 0.1) is 17.1 Å². The number of anilines is 1. The van der Waals surface area contributed by atoms with E-state index in [1.807, 2.05) is 6.92 Å². The maximum absolute atomic E-state index is 13.5. The number of hydrogen-bond donors (Lipinski definition) is 2. The van der Waals surface area contributed by atoms with Crippen LogP contribution in [0.4, 0.5) is 10.5 Å². The van der Waals surface area contributed by atoms with Gasteiger partial charge in [-0.15, -0.1) is 0 Å². The highest BCUT2D eigenvalue weighted by Crippen LogP contribution is 2.31. The topological polar surface area (TPSA) is 118 Å². The third-order valence-corrected chi connectivity index (χ3v) is 7.96. The van der Waals surface area contributed by atoms with Crippen LogP contribution >= 0.6 is 0 Å². The molecule has 4 rings (SSSR count). The zero-order valence-corrected chi connectivity index (χ0v) is 21.3. The molecule has 10 heteroatoms. The second-order valence-electron chi connectivity index (χ2n) is 8.89. The number of aromatic nitrogens is 1. The molecule has 0 spiro atoms. The van der Waals surface area contributed by atoms with Crippen molar-refractivity contribution in [3.63, 3.8) is 0 Å². The molecule has 9 nitrogen and oxygen atoms in total.